The van der Waals surface area contributed by atoms with E-state index in [0.29, 0.717) is 11.1 Å². The molecule has 2 aromatic carbocycles. The van der Waals surface area contributed by atoms with Crippen LogP contribution in [0.4, 0.5) is 4.39 Å². The molecule has 0 aliphatic heterocycles. The van der Waals surface area contributed by atoms with Crippen LogP contribution in [0.15, 0.2) is 47.4 Å². The Morgan fingerprint density at radius 1 is 1.11 bits per heavy atom. The number of aryl methyl sites for hydroxylation is 1. The van der Waals surface area contributed by atoms with E-state index in [1.807, 2.05) is 31.2 Å². The molecule has 4 heteroatoms. The molecule has 0 spiro atoms. The van der Waals surface area contributed by atoms with Crippen molar-refractivity contribution in [3.05, 3.63) is 65.0 Å². The molecule has 0 fully saturated rings. The average molecular weight is 277 g/mol. The highest BCUT2D eigenvalue weighted by Gasteiger charge is 2.12. The van der Waals surface area contributed by atoms with Crippen molar-refractivity contribution in [2.75, 3.05) is 0 Å². The van der Waals surface area contributed by atoms with Crippen LogP contribution >= 0.6 is 0 Å². The summed E-state index contributed by atoms with van der Waals surface area (Å²) in [6.07, 6.45) is 0. The molecule has 2 rings (SSSR count). The molecule has 0 bridgehead atoms. The summed E-state index contributed by atoms with van der Waals surface area (Å²) in [6, 6.07) is 12.5. The smallest absolute Gasteiger partial charge is 0.131 e. The molecule has 2 aromatic rings. The molecule has 19 heavy (non-hydrogen) atoms. The molecule has 0 heterocycles. The predicted octanol–water partition coefficient (Wildman–Crippen LogP) is 2.90. The third kappa shape index (κ3) is 3.08. The summed E-state index contributed by atoms with van der Waals surface area (Å²) in [7, 11) is -1.25. The Morgan fingerprint density at radius 3 is 2.47 bits per heavy atom. The first kappa shape index (κ1) is 13.9. The Morgan fingerprint density at radius 2 is 1.79 bits per heavy atom. The largest absolute Gasteiger partial charge is 0.326 e. The lowest BCUT2D eigenvalue weighted by Crippen LogP contribution is -2.05. The highest BCUT2D eigenvalue weighted by molar-refractivity contribution is 7.84. The minimum atomic E-state index is -1.25. The molecule has 0 radical (unpaired) electrons. The van der Waals surface area contributed by atoms with Gasteiger partial charge < -0.3 is 5.73 Å². The van der Waals surface area contributed by atoms with Crippen LogP contribution in [0.1, 0.15) is 16.7 Å². The molecule has 0 aliphatic rings. The van der Waals surface area contributed by atoms with Crippen molar-refractivity contribution in [1.82, 2.24) is 0 Å². The zero-order valence-electron chi connectivity index (χ0n) is 10.7. The van der Waals surface area contributed by atoms with E-state index >= 15 is 0 Å². The predicted molar refractivity (Wildman–Crippen MR) is 75.6 cm³/mol. The van der Waals surface area contributed by atoms with Crippen LogP contribution < -0.4 is 5.73 Å². The van der Waals surface area contributed by atoms with E-state index in [0.717, 1.165) is 10.5 Å². The summed E-state index contributed by atoms with van der Waals surface area (Å²) in [5.74, 6) is -0.170. The molecule has 2 nitrogen and oxygen atoms in total. The van der Waals surface area contributed by atoms with Gasteiger partial charge in [-0.25, -0.2) is 4.39 Å². The van der Waals surface area contributed by atoms with Gasteiger partial charge in [0.15, 0.2) is 0 Å². The van der Waals surface area contributed by atoms with Crippen LogP contribution in [0.25, 0.3) is 0 Å². The topological polar surface area (TPSA) is 43.1 Å². The molecule has 1 unspecified atom stereocenters. The molecule has 0 saturated heterocycles. The molecule has 0 saturated carbocycles. The summed E-state index contributed by atoms with van der Waals surface area (Å²) in [5.41, 5.74) is 7.33. The first-order valence-electron chi connectivity index (χ1n) is 6.04. The van der Waals surface area contributed by atoms with Gasteiger partial charge in [0.1, 0.15) is 5.82 Å². The van der Waals surface area contributed by atoms with Crippen LogP contribution in [0.2, 0.25) is 0 Å². The molecule has 1 atom stereocenters. The maximum absolute atomic E-state index is 14.0. The summed E-state index contributed by atoms with van der Waals surface area (Å²) in [4.78, 5) is 0.750. The maximum atomic E-state index is 14.0. The minimum absolute atomic E-state index is 0.149. The fraction of sp³-hybridized carbons (Fsp3) is 0.200. The number of benzene rings is 2. The van der Waals surface area contributed by atoms with Crippen molar-refractivity contribution in [2.45, 2.75) is 24.1 Å². The second-order valence-electron chi connectivity index (χ2n) is 4.35. The number of rotatable bonds is 4. The minimum Gasteiger partial charge on any atom is -0.326 e. The Bertz CT molecular complexity index is 613. The standard InChI is InChI=1S/C15H16FNOS/c1-11-5-2-3-8-14(11)19(18)10-13-7-4-6-12(9-17)15(13)16/h2-8H,9-10,17H2,1H3. The lowest BCUT2D eigenvalue weighted by molar-refractivity contribution is 0.598. The fourth-order valence-electron chi connectivity index (χ4n) is 1.93. The fourth-order valence-corrected chi connectivity index (χ4v) is 3.25. The second-order valence-corrected chi connectivity index (χ2v) is 5.77. The average Bonchev–Trinajstić information content (AvgIpc) is 2.41. The van der Waals surface area contributed by atoms with Crippen molar-refractivity contribution >= 4 is 10.8 Å². The van der Waals surface area contributed by atoms with Crippen LogP contribution in [0.5, 0.6) is 0 Å². The van der Waals surface area contributed by atoms with Crippen LogP contribution in [0.3, 0.4) is 0 Å². The molecule has 0 aromatic heterocycles. The van der Waals surface area contributed by atoms with E-state index < -0.39 is 10.8 Å². The molecule has 0 amide bonds. The Balaban J connectivity index is 2.27. The zero-order chi connectivity index (χ0) is 13.8. The molecule has 0 aliphatic carbocycles. The van der Waals surface area contributed by atoms with Gasteiger partial charge in [-0.3, -0.25) is 4.21 Å². The first-order valence-corrected chi connectivity index (χ1v) is 7.35. The molecule has 100 valence electrons. The monoisotopic (exact) mass is 277 g/mol. The Hall–Kier alpha value is -1.52. The first-order chi connectivity index (χ1) is 9.13. The Labute approximate surface area is 114 Å². The van der Waals surface area contributed by atoms with E-state index in [4.69, 9.17) is 5.73 Å². The maximum Gasteiger partial charge on any atom is 0.131 e. The van der Waals surface area contributed by atoms with Gasteiger partial charge in [-0.15, -0.1) is 0 Å². The van der Waals surface area contributed by atoms with Crippen LogP contribution in [-0.2, 0) is 23.1 Å². The van der Waals surface area contributed by atoms with Crippen molar-refractivity contribution in [3.63, 3.8) is 0 Å². The third-order valence-electron chi connectivity index (χ3n) is 3.00. The molecular formula is C15H16FNOS. The molecular weight excluding hydrogens is 261 g/mol. The highest BCUT2D eigenvalue weighted by Crippen LogP contribution is 2.19. The van der Waals surface area contributed by atoms with Gasteiger partial charge in [-0.2, -0.15) is 0 Å². The number of hydrogen-bond donors (Lipinski definition) is 1. The van der Waals surface area contributed by atoms with E-state index in [2.05, 4.69) is 0 Å². The van der Waals surface area contributed by atoms with E-state index in [1.54, 1.807) is 18.2 Å². The van der Waals surface area contributed by atoms with Crippen LogP contribution in [-0.4, -0.2) is 4.21 Å². The van der Waals surface area contributed by atoms with E-state index in [-0.39, 0.29) is 18.1 Å². The van der Waals surface area contributed by atoms with Crippen molar-refractivity contribution in [3.8, 4) is 0 Å². The van der Waals surface area contributed by atoms with Crippen molar-refractivity contribution in [2.24, 2.45) is 5.73 Å². The van der Waals surface area contributed by atoms with Crippen molar-refractivity contribution in [1.29, 1.82) is 0 Å². The van der Waals surface area contributed by atoms with Crippen LogP contribution in [0, 0.1) is 12.7 Å². The third-order valence-corrected chi connectivity index (χ3v) is 4.53. The van der Waals surface area contributed by atoms with Gasteiger partial charge in [0, 0.05) is 22.6 Å². The van der Waals surface area contributed by atoms with Gasteiger partial charge in [0.05, 0.1) is 16.6 Å². The molecule has 2 N–H and O–H groups in total. The Kier molecular flexibility index (Phi) is 4.45. The SMILES string of the molecule is Cc1ccccc1S(=O)Cc1cccc(CN)c1F. The van der Waals surface area contributed by atoms with Gasteiger partial charge in [0.25, 0.3) is 0 Å². The van der Waals surface area contributed by atoms with Gasteiger partial charge in [0.2, 0.25) is 0 Å². The van der Waals surface area contributed by atoms with E-state index in [1.165, 1.54) is 0 Å². The summed E-state index contributed by atoms with van der Waals surface area (Å²) in [6.45, 7) is 2.05. The summed E-state index contributed by atoms with van der Waals surface area (Å²) >= 11 is 0. The lowest BCUT2D eigenvalue weighted by atomic mass is 10.1. The number of nitrogens with two attached hydrogens (primary N) is 1. The zero-order valence-corrected chi connectivity index (χ0v) is 11.5. The summed E-state index contributed by atoms with van der Waals surface area (Å²) < 4.78 is 26.3. The highest BCUT2D eigenvalue weighted by atomic mass is 32.2. The van der Waals surface area contributed by atoms with Gasteiger partial charge in [-0.1, -0.05) is 36.4 Å². The van der Waals surface area contributed by atoms with Crippen molar-refractivity contribution < 1.29 is 8.60 Å². The normalized spacial score (nSPS) is 12.4. The van der Waals surface area contributed by atoms with E-state index in [9.17, 15) is 8.60 Å². The number of halogens is 1. The summed E-state index contributed by atoms with van der Waals surface area (Å²) in [5, 5.41) is 0. The number of hydrogen-bond acceptors (Lipinski definition) is 2. The second kappa shape index (κ2) is 6.08. The quantitative estimate of drug-likeness (QED) is 0.933. The van der Waals surface area contributed by atoms with Gasteiger partial charge >= 0.3 is 0 Å². The van der Waals surface area contributed by atoms with Gasteiger partial charge in [-0.05, 0) is 18.6 Å². The lowest BCUT2D eigenvalue weighted by Gasteiger charge is -2.08.